The topological polar surface area (TPSA) is 61.7 Å². The summed E-state index contributed by atoms with van der Waals surface area (Å²) in [7, 11) is 0. The maximum atomic E-state index is 12.9. The number of carbonyl (C=O) groups excluding carboxylic acids is 1. The number of phenolic OH excluding ortho intramolecular Hbond substituents is 1. The Bertz CT molecular complexity index is 609. The number of phenols is 1. The molecular formula is C14H11FN2O2. The molecule has 19 heavy (non-hydrogen) atoms. The fraction of sp³-hybridized carbons (Fsp3) is 0. The third-order valence-electron chi connectivity index (χ3n) is 2.36. The lowest BCUT2D eigenvalue weighted by molar-refractivity contribution is 0.0955. The van der Waals surface area contributed by atoms with Crippen molar-refractivity contribution in [2.24, 2.45) is 5.10 Å². The van der Waals surface area contributed by atoms with Gasteiger partial charge in [0.2, 0.25) is 0 Å². The van der Waals surface area contributed by atoms with Gasteiger partial charge in [-0.05, 0) is 42.0 Å². The van der Waals surface area contributed by atoms with E-state index in [0.717, 1.165) is 0 Å². The van der Waals surface area contributed by atoms with Crippen LogP contribution in [-0.2, 0) is 0 Å². The minimum Gasteiger partial charge on any atom is -0.508 e. The summed E-state index contributed by atoms with van der Waals surface area (Å²) in [6, 6.07) is 11.6. The second-order valence-corrected chi connectivity index (χ2v) is 3.80. The van der Waals surface area contributed by atoms with Gasteiger partial charge in [0.15, 0.2) is 0 Å². The number of amides is 1. The molecular weight excluding hydrogens is 247 g/mol. The molecule has 0 bridgehead atoms. The number of carbonyl (C=O) groups is 1. The average Bonchev–Trinajstić information content (AvgIpc) is 2.39. The van der Waals surface area contributed by atoms with Crippen LogP contribution >= 0.6 is 0 Å². The molecule has 0 fully saturated rings. The zero-order valence-electron chi connectivity index (χ0n) is 9.88. The van der Waals surface area contributed by atoms with Crippen molar-refractivity contribution in [3.05, 3.63) is 65.5 Å². The Hall–Kier alpha value is -2.69. The molecule has 0 heterocycles. The summed E-state index contributed by atoms with van der Waals surface area (Å²) in [5.41, 5.74) is 3.23. The summed E-state index contributed by atoms with van der Waals surface area (Å²) in [5, 5.41) is 12.8. The van der Waals surface area contributed by atoms with Crippen molar-refractivity contribution in [2.75, 3.05) is 0 Å². The lowest BCUT2D eigenvalue weighted by Gasteiger charge is -1.99. The molecule has 2 rings (SSSR count). The third-order valence-corrected chi connectivity index (χ3v) is 2.36. The molecule has 0 saturated heterocycles. The fourth-order valence-corrected chi connectivity index (χ4v) is 1.43. The number of nitrogens with one attached hydrogen (secondary N) is 1. The first-order valence-electron chi connectivity index (χ1n) is 5.53. The van der Waals surface area contributed by atoms with E-state index in [1.54, 1.807) is 12.1 Å². The first-order valence-corrected chi connectivity index (χ1v) is 5.53. The van der Waals surface area contributed by atoms with Gasteiger partial charge in [0, 0.05) is 5.56 Å². The largest absolute Gasteiger partial charge is 0.508 e. The Morgan fingerprint density at radius 2 is 1.95 bits per heavy atom. The van der Waals surface area contributed by atoms with Crippen LogP contribution in [0.4, 0.5) is 4.39 Å². The van der Waals surface area contributed by atoms with Crippen LogP contribution in [-0.4, -0.2) is 17.2 Å². The molecule has 0 aliphatic rings. The number of aromatic hydroxyl groups is 1. The summed E-state index contributed by atoms with van der Waals surface area (Å²) in [4.78, 5) is 11.6. The van der Waals surface area contributed by atoms with E-state index in [1.807, 2.05) is 0 Å². The molecule has 4 nitrogen and oxygen atoms in total. The summed E-state index contributed by atoms with van der Waals surface area (Å²) in [6.07, 6.45) is 1.35. The van der Waals surface area contributed by atoms with E-state index in [1.165, 1.54) is 42.6 Å². The van der Waals surface area contributed by atoms with E-state index in [0.29, 0.717) is 11.1 Å². The number of rotatable bonds is 3. The molecule has 2 aromatic rings. The van der Waals surface area contributed by atoms with Crippen LogP contribution in [0, 0.1) is 5.82 Å². The quantitative estimate of drug-likeness (QED) is 0.655. The van der Waals surface area contributed by atoms with Crippen LogP contribution in [0.15, 0.2) is 53.6 Å². The van der Waals surface area contributed by atoms with Crippen molar-refractivity contribution >= 4 is 12.1 Å². The van der Waals surface area contributed by atoms with E-state index in [-0.39, 0.29) is 11.6 Å². The molecule has 1 amide bonds. The molecule has 0 spiro atoms. The summed E-state index contributed by atoms with van der Waals surface area (Å²) in [5.74, 6) is -0.693. The predicted molar refractivity (Wildman–Crippen MR) is 69.6 cm³/mol. The highest BCUT2D eigenvalue weighted by molar-refractivity contribution is 5.94. The van der Waals surface area contributed by atoms with E-state index >= 15 is 0 Å². The Morgan fingerprint density at radius 1 is 1.21 bits per heavy atom. The summed E-state index contributed by atoms with van der Waals surface area (Å²) >= 11 is 0. The molecule has 0 aliphatic heterocycles. The molecule has 5 heteroatoms. The highest BCUT2D eigenvalue weighted by atomic mass is 19.1. The van der Waals surface area contributed by atoms with Gasteiger partial charge in [-0.3, -0.25) is 4.79 Å². The first-order chi connectivity index (χ1) is 9.15. The average molecular weight is 258 g/mol. The number of hydrogen-bond donors (Lipinski definition) is 2. The van der Waals surface area contributed by atoms with Crippen molar-refractivity contribution in [3.63, 3.8) is 0 Å². The number of benzene rings is 2. The second kappa shape index (κ2) is 5.77. The normalized spacial score (nSPS) is 10.6. The minimum atomic E-state index is -0.410. The lowest BCUT2D eigenvalue weighted by Crippen LogP contribution is -2.17. The predicted octanol–water partition coefficient (Wildman–Crippen LogP) is 2.30. The standard InChI is InChI=1S/C14H11FN2O2/c15-12-3-1-2-10(8-12)9-16-17-14(19)11-4-6-13(18)7-5-11/h1-9,18H,(H,17,19)/b16-9-. The highest BCUT2D eigenvalue weighted by Gasteiger charge is 2.03. The molecule has 0 aliphatic carbocycles. The van der Waals surface area contributed by atoms with Crippen molar-refractivity contribution in [2.45, 2.75) is 0 Å². The van der Waals surface area contributed by atoms with Crippen LogP contribution < -0.4 is 5.43 Å². The van der Waals surface area contributed by atoms with Crippen molar-refractivity contribution < 1.29 is 14.3 Å². The lowest BCUT2D eigenvalue weighted by atomic mass is 10.2. The molecule has 96 valence electrons. The zero-order chi connectivity index (χ0) is 13.7. The number of hydrogen-bond acceptors (Lipinski definition) is 3. The van der Waals surface area contributed by atoms with Crippen molar-refractivity contribution in [1.82, 2.24) is 5.43 Å². The zero-order valence-corrected chi connectivity index (χ0v) is 9.88. The highest BCUT2D eigenvalue weighted by Crippen LogP contribution is 2.09. The molecule has 2 N–H and O–H groups in total. The Balaban J connectivity index is 1.98. The van der Waals surface area contributed by atoms with Gasteiger partial charge in [0.1, 0.15) is 11.6 Å². The van der Waals surface area contributed by atoms with Gasteiger partial charge in [-0.2, -0.15) is 5.10 Å². The van der Waals surface area contributed by atoms with E-state index in [9.17, 15) is 9.18 Å². The van der Waals surface area contributed by atoms with Gasteiger partial charge < -0.3 is 5.11 Å². The van der Waals surface area contributed by atoms with Gasteiger partial charge >= 0.3 is 0 Å². The molecule has 0 radical (unpaired) electrons. The molecule has 0 saturated carbocycles. The van der Waals surface area contributed by atoms with Gasteiger partial charge in [-0.25, -0.2) is 9.82 Å². The smallest absolute Gasteiger partial charge is 0.271 e. The van der Waals surface area contributed by atoms with Crippen LogP contribution in [0.3, 0.4) is 0 Å². The van der Waals surface area contributed by atoms with Crippen LogP contribution in [0.5, 0.6) is 5.75 Å². The Morgan fingerprint density at radius 3 is 2.63 bits per heavy atom. The number of halogens is 1. The first kappa shape index (κ1) is 12.8. The Kier molecular flexibility index (Phi) is 3.87. The van der Waals surface area contributed by atoms with E-state index < -0.39 is 5.91 Å². The van der Waals surface area contributed by atoms with Gasteiger partial charge in [0.25, 0.3) is 5.91 Å². The second-order valence-electron chi connectivity index (χ2n) is 3.80. The molecule has 0 aromatic heterocycles. The van der Waals surface area contributed by atoms with Gasteiger partial charge in [-0.15, -0.1) is 0 Å². The van der Waals surface area contributed by atoms with E-state index in [2.05, 4.69) is 10.5 Å². The fourth-order valence-electron chi connectivity index (χ4n) is 1.43. The summed E-state index contributed by atoms with van der Waals surface area (Å²) < 4.78 is 12.9. The van der Waals surface area contributed by atoms with Crippen molar-refractivity contribution in [3.8, 4) is 5.75 Å². The number of nitrogens with zero attached hydrogens (tertiary/aromatic N) is 1. The SMILES string of the molecule is O=C(N/N=C\c1cccc(F)c1)c1ccc(O)cc1. The maximum absolute atomic E-state index is 12.9. The van der Waals surface area contributed by atoms with Gasteiger partial charge in [0.05, 0.1) is 6.21 Å². The van der Waals surface area contributed by atoms with Crippen LogP contribution in [0.1, 0.15) is 15.9 Å². The van der Waals surface area contributed by atoms with Crippen LogP contribution in [0.2, 0.25) is 0 Å². The summed E-state index contributed by atoms with van der Waals surface area (Å²) in [6.45, 7) is 0. The third kappa shape index (κ3) is 3.64. The molecule has 0 unspecified atom stereocenters. The maximum Gasteiger partial charge on any atom is 0.271 e. The van der Waals surface area contributed by atoms with Gasteiger partial charge in [-0.1, -0.05) is 12.1 Å². The monoisotopic (exact) mass is 258 g/mol. The molecule has 2 aromatic carbocycles. The number of hydrazone groups is 1. The molecule has 0 atom stereocenters. The minimum absolute atomic E-state index is 0.0832. The van der Waals surface area contributed by atoms with Crippen molar-refractivity contribution in [1.29, 1.82) is 0 Å². The Labute approximate surface area is 109 Å². The van der Waals surface area contributed by atoms with Crippen LogP contribution in [0.25, 0.3) is 0 Å². The van der Waals surface area contributed by atoms with E-state index in [4.69, 9.17) is 5.11 Å².